The quantitative estimate of drug-likeness (QED) is 0.504. The van der Waals surface area contributed by atoms with E-state index in [2.05, 4.69) is 25.1 Å². The second kappa shape index (κ2) is 7.58. The first-order valence-corrected chi connectivity index (χ1v) is 8.62. The minimum atomic E-state index is -0.0784. The molecule has 0 heterocycles. The van der Waals surface area contributed by atoms with Gasteiger partial charge in [-0.1, -0.05) is 50.5 Å². The molecule has 1 aromatic carbocycles. The summed E-state index contributed by atoms with van der Waals surface area (Å²) in [6.07, 6.45) is 8.93. The van der Waals surface area contributed by atoms with Crippen molar-refractivity contribution in [2.24, 2.45) is 5.41 Å². The van der Waals surface area contributed by atoms with Crippen LogP contribution in [0.5, 0.6) is 0 Å². The molecule has 0 N–H and O–H groups in total. The van der Waals surface area contributed by atoms with Crippen molar-refractivity contribution in [2.45, 2.75) is 71.1 Å². The van der Waals surface area contributed by atoms with Crippen molar-refractivity contribution < 1.29 is 4.79 Å². The first-order valence-electron chi connectivity index (χ1n) is 8.62. The summed E-state index contributed by atoms with van der Waals surface area (Å²) < 4.78 is 0. The summed E-state index contributed by atoms with van der Waals surface area (Å²) in [5.74, 6) is 0.670. The van der Waals surface area contributed by atoms with Gasteiger partial charge in [0, 0.05) is 5.56 Å². The van der Waals surface area contributed by atoms with Crippen molar-refractivity contribution in [1.29, 1.82) is 5.26 Å². The fraction of sp³-hybridized carbons (Fsp3) is 0.600. The largest absolute Gasteiger partial charge is 0.295 e. The predicted octanol–water partition coefficient (Wildman–Crippen LogP) is 5.64. The van der Waals surface area contributed by atoms with Crippen molar-refractivity contribution >= 4 is 5.78 Å². The summed E-state index contributed by atoms with van der Waals surface area (Å²) in [5.41, 5.74) is 2.03. The summed E-state index contributed by atoms with van der Waals surface area (Å²) >= 11 is 0. The highest BCUT2D eigenvalue weighted by molar-refractivity contribution is 5.94. The molecule has 22 heavy (non-hydrogen) atoms. The molecule has 0 amide bonds. The van der Waals surface area contributed by atoms with Crippen LogP contribution in [-0.4, -0.2) is 5.78 Å². The molecule has 0 aliphatic heterocycles. The highest BCUT2D eigenvalue weighted by atomic mass is 16.1. The van der Waals surface area contributed by atoms with Crippen LogP contribution in [0.4, 0.5) is 0 Å². The first-order chi connectivity index (χ1) is 10.6. The Kier molecular flexibility index (Phi) is 5.77. The summed E-state index contributed by atoms with van der Waals surface area (Å²) in [5, 5.41) is 9.61. The van der Waals surface area contributed by atoms with E-state index < -0.39 is 0 Å². The van der Waals surface area contributed by atoms with Crippen molar-refractivity contribution in [3.63, 3.8) is 0 Å². The molecule has 0 atom stereocenters. The topological polar surface area (TPSA) is 40.9 Å². The lowest BCUT2D eigenvalue weighted by Crippen LogP contribution is -2.25. The molecule has 0 aromatic heterocycles. The number of carbonyl (C=O) groups is 1. The molecule has 0 bridgehead atoms. The molecule has 1 aliphatic rings. The number of Topliss-reactive ketones (excluding diaryl/α,β-unsaturated/α-hetero) is 1. The SMILES string of the molecule is CCCCCC1(C#N)CCC(c2ccc(C(C)=O)cc2)CC1. The van der Waals surface area contributed by atoms with Crippen LogP contribution in [0.15, 0.2) is 24.3 Å². The van der Waals surface area contributed by atoms with Crippen molar-refractivity contribution in [3.8, 4) is 6.07 Å². The van der Waals surface area contributed by atoms with Gasteiger partial charge < -0.3 is 0 Å². The number of carbonyl (C=O) groups excluding carboxylic acids is 1. The lowest BCUT2D eigenvalue weighted by Gasteiger charge is -2.35. The van der Waals surface area contributed by atoms with Crippen LogP contribution in [0, 0.1) is 16.7 Å². The number of hydrogen-bond acceptors (Lipinski definition) is 2. The normalized spacial score (nSPS) is 24.7. The van der Waals surface area contributed by atoms with Gasteiger partial charge in [-0.15, -0.1) is 0 Å². The minimum absolute atomic E-state index is 0.0784. The Bertz CT molecular complexity index is 530. The molecule has 118 valence electrons. The van der Waals surface area contributed by atoms with E-state index in [0.29, 0.717) is 5.92 Å². The van der Waals surface area contributed by atoms with Crippen LogP contribution < -0.4 is 0 Å². The Labute approximate surface area is 134 Å². The second-order valence-corrected chi connectivity index (χ2v) is 6.80. The number of unbranched alkanes of at least 4 members (excludes halogenated alkanes) is 2. The second-order valence-electron chi connectivity index (χ2n) is 6.80. The van der Waals surface area contributed by atoms with Crippen LogP contribution in [0.1, 0.15) is 87.1 Å². The summed E-state index contributed by atoms with van der Waals surface area (Å²) in [4.78, 5) is 11.3. The average molecular weight is 297 g/mol. The van der Waals surface area contributed by atoms with Gasteiger partial charge in [0.25, 0.3) is 0 Å². The third-order valence-corrected chi connectivity index (χ3v) is 5.23. The van der Waals surface area contributed by atoms with Gasteiger partial charge in [0.15, 0.2) is 5.78 Å². The lowest BCUT2D eigenvalue weighted by molar-refractivity contribution is 0.101. The van der Waals surface area contributed by atoms with Gasteiger partial charge >= 0.3 is 0 Å². The van der Waals surface area contributed by atoms with Crippen LogP contribution in [0.25, 0.3) is 0 Å². The maximum absolute atomic E-state index is 11.3. The molecule has 2 heteroatoms. The molecule has 0 saturated heterocycles. The van der Waals surface area contributed by atoms with Crippen molar-refractivity contribution in [3.05, 3.63) is 35.4 Å². The van der Waals surface area contributed by atoms with E-state index in [9.17, 15) is 10.1 Å². The lowest BCUT2D eigenvalue weighted by atomic mass is 9.67. The highest BCUT2D eigenvalue weighted by Crippen LogP contribution is 2.45. The van der Waals surface area contributed by atoms with E-state index in [1.807, 2.05) is 12.1 Å². The molecule has 1 saturated carbocycles. The molecule has 2 rings (SSSR count). The zero-order valence-corrected chi connectivity index (χ0v) is 13.9. The fourth-order valence-corrected chi connectivity index (χ4v) is 3.62. The molecule has 0 unspecified atom stereocenters. The Balaban J connectivity index is 1.96. The number of rotatable bonds is 6. The Morgan fingerprint density at radius 2 is 1.86 bits per heavy atom. The summed E-state index contributed by atoms with van der Waals surface area (Å²) in [7, 11) is 0. The van der Waals surface area contributed by atoms with E-state index in [1.54, 1.807) is 6.92 Å². The molecule has 0 spiro atoms. The van der Waals surface area contributed by atoms with Gasteiger partial charge in [-0.2, -0.15) is 5.26 Å². The maximum atomic E-state index is 11.3. The van der Waals surface area contributed by atoms with Crippen molar-refractivity contribution in [2.75, 3.05) is 0 Å². The zero-order chi connectivity index (χ0) is 16.0. The Hall–Kier alpha value is -1.62. The molecule has 1 fully saturated rings. The van der Waals surface area contributed by atoms with E-state index in [1.165, 1.54) is 24.8 Å². The molecular weight excluding hydrogens is 270 g/mol. The predicted molar refractivity (Wildman–Crippen MR) is 89.8 cm³/mol. The van der Waals surface area contributed by atoms with Crippen LogP contribution in [0.2, 0.25) is 0 Å². The smallest absolute Gasteiger partial charge is 0.159 e. The van der Waals surface area contributed by atoms with Crippen molar-refractivity contribution in [1.82, 2.24) is 0 Å². The van der Waals surface area contributed by atoms with E-state index >= 15 is 0 Å². The Morgan fingerprint density at radius 3 is 2.36 bits per heavy atom. The van der Waals surface area contributed by atoms with Crippen LogP contribution in [0.3, 0.4) is 0 Å². The minimum Gasteiger partial charge on any atom is -0.295 e. The van der Waals surface area contributed by atoms with Crippen LogP contribution >= 0.6 is 0 Å². The number of hydrogen-bond donors (Lipinski definition) is 0. The number of benzene rings is 1. The van der Waals surface area contributed by atoms with Gasteiger partial charge in [0.05, 0.1) is 11.5 Å². The van der Waals surface area contributed by atoms with Gasteiger partial charge in [0.2, 0.25) is 0 Å². The third-order valence-electron chi connectivity index (χ3n) is 5.23. The first kappa shape index (κ1) is 16.7. The molecular formula is C20H27NO. The molecule has 0 radical (unpaired) electrons. The highest BCUT2D eigenvalue weighted by Gasteiger charge is 2.35. The van der Waals surface area contributed by atoms with E-state index in [4.69, 9.17) is 0 Å². The van der Waals surface area contributed by atoms with E-state index in [0.717, 1.165) is 37.7 Å². The van der Waals surface area contributed by atoms with Gasteiger partial charge in [-0.05, 0) is 50.5 Å². The maximum Gasteiger partial charge on any atom is 0.159 e. The summed E-state index contributed by atoms with van der Waals surface area (Å²) in [6.45, 7) is 3.81. The molecule has 1 aliphatic carbocycles. The zero-order valence-electron chi connectivity index (χ0n) is 13.9. The third kappa shape index (κ3) is 3.97. The Morgan fingerprint density at radius 1 is 1.23 bits per heavy atom. The number of ketones is 1. The van der Waals surface area contributed by atoms with E-state index in [-0.39, 0.29) is 11.2 Å². The monoisotopic (exact) mass is 297 g/mol. The summed E-state index contributed by atoms with van der Waals surface area (Å²) in [6, 6.07) is 10.7. The van der Waals surface area contributed by atoms with Gasteiger partial charge in [-0.25, -0.2) is 0 Å². The number of nitrogens with zero attached hydrogens (tertiary/aromatic N) is 1. The number of nitriles is 1. The molecule has 2 nitrogen and oxygen atoms in total. The van der Waals surface area contributed by atoms with Gasteiger partial charge in [-0.3, -0.25) is 4.79 Å². The fourth-order valence-electron chi connectivity index (χ4n) is 3.62. The average Bonchev–Trinajstić information content (AvgIpc) is 2.56. The van der Waals surface area contributed by atoms with Gasteiger partial charge in [0.1, 0.15) is 0 Å². The standard InChI is InChI=1S/C20H27NO/c1-3-4-5-12-20(15-21)13-10-19(11-14-20)18-8-6-17(7-9-18)16(2)22/h6-9,19H,3-5,10-14H2,1-2H3. The van der Waals surface area contributed by atoms with Crippen LogP contribution in [-0.2, 0) is 0 Å². The molecule has 1 aromatic rings.